The summed E-state index contributed by atoms with van der Waals surface area (Å²) in [6.07, 6.45) is 2.22. The van der Waals surface area contributed by atoms with Gasteiger partial charge in [-0.2, -0.15) is 0 Å². The molecule has 0 aliphatic carbocycles. The van der Waals surface area contributed by atoms with E-state index in [9.17, 15) is 13.2 Å². The predicted octanol–water partition coefficient (Wildman–Crippen LogP) is 1.68. The van der Waals surface area contributed by atoms with E-state index in [1.807, 2.05) is 38.1 Å². The van der Waals surface area contributed by atoms with Gasteiger partial charge in [0.1, 0.15) is 0 Å². The molecule has 0 aromatic heterocycles. The molecule has 21 heavy (non-hydrogen) atoms. The maximum atomic E-state index is 12.3. The molecule has 0 bridgehead atoms. The van der Waals surface area contributed by atoms with Crippen LogP contribution in [0.2, 0.25) is 0 Å². The molecule has 0 saturated heterocycles. The van der Waals surface area contributed by atoms with Crippen molar-refractivity contribution in [2.45, 2.75) is 39.2 Å². The van der Waals surface area contributed by atoms with Crippen LogP contribution in [0.4, 0.5) is 5.69 Å². The SMILES string of the molecule is CCCCS(=O)(=O)NCC(=O)N1c2ccccc2CC1C. The van der Waals surface area contributed by atoms with E-state index in [1.165, 1.54) is 0 Å². The van der Waals surface area contributed by atoms with Crippen molar-refractivity contribution in [1.82, 2.24) is 4.72 Å². The van der Waals surface area contributed by atoms with Crippen molar-refractivity contribution < 1.29 is 13.2 Å². The van der Waals surface area contributed by atoms with Crippen LogP contribution in [0.3, 0.4) is 0 Å². The van der Waals surface area contributed by atoms with E-state index in [2.05, 4.69) is 4.72 Å². The van der Waals surface area contributed by atoms with Crippen LogP contribution in [0.15, 0.2) is 24.3 Å². The van der Waals surface area contributed by atoms with Crippen LogP contribution in [0.5, 0.6) is 0 Å². The zero-order valence-corrected chi connectivity index (χ0v) is 13.3. The summed E-state index contributed by atoms with van der Waals surface area (Å²) in [6, 6.07) is 7.82. The molecule has 1 unspecified atom stereocenters. The fourth-order valence-corrected chi connectivity index (χ4v) is 3.77. The Kier molecular flexibility index (Phi) is 5.00. The number of anilines is 1. The molecule has 1 amide bonds. The predicted molar refractivity (Wildman–Crippen MR) is 83.8 cm³/mol. The molecule has 116 valence electrons. The Bertz CT molecular complexity index is 613. The molecular weight excluding hydrogens is 288 g/mol. The number of sulfonamides is 1. The normalized spacial score (nSPS) is 17.8. The second kappa shape index (κ2) is 6.58. The number of unbranched alkanes of at least 4 members (excludes halogenated alkanes) is 1. The van der Waals surface area contributed by atoms with Crippen LogP contribution < -0.4 is 9.62 Å². The highest BCUT2D eigenvalue weighted by atomic mass is 32.2. The lowest BCUT2D eigenvalue weighted by atomic mass is 10.1. The Balaban J connectivity index is 2.01. The van der Waals surface area contributed by atoms with Crippen LogP contribution >= 0.6 is 0 Å². The smallest absolute Gasteiger partial charge is 0.242 e. The first-order valence-corrected chi connectivity index (χ1v) is 8.97. The lowest BCUT2D eigenvalue weighted by molar-refractivity contribution is -0.117. The topological polar surface area (TPSA) is 66.5 Å². The number of nitrogens with zero attached hydrogens (tertiary/aromatic N) is 1. The number of rotatable bonds is 6. The molecule has 0 fully saturated rings. The second-order valence-electron chi connectivity index (χ2n) is 5.44. The molecule has 0 radical (unpaired) electrons. The van der Waals surface area contributed by atoms with Crippen LogP contribution in [0, 0.1) is 0 Å². The van der Waals surface area contributed by atoms with Gasteiger partial charge in [0.15, 0.2) is 0 Å². The lowest BCUT2D eigenvalue weighted by Gasteiger charge is -2.22. The summed E-state index contributed by atoms with van der Waals surface area (Å²) < 4.78 is 25.9. The number of hydrogen-bond donors (Lipinski definition) is 1. The summed E-state index contributed by atoms with van der Waals surface area (Å²) in [7, 11) is -3.36. The first kappa shape index (κ1) is 16.0. The third-order valence-corrected chi connectivity index (χ3v) is 5.10. The van der Waals surface area contributed by atoms with Crippen molar-refractivity contribution in [2.75, 3.05) is 17.2 Å². The van der Waals surface area contributed by atoms with Crippen molar-refractivity contribution in [3.8, 4) is 0 Å². The molecule has 0 spiro atoms. The molecule has 5 nitrogen and oxygen atoms in total. The van der Waals surface area contributed by atoms with Gasteiger partial charge < -0.3 is 4.90 Å². The quantitative estimate of drug-likeness (QED) is 0.869. The van der Waals surface area contributed by atoms with E-state index in [-0.39, 0.29) is 24.2 Å². The van der Waals surface area contributed by atoms with E-state index in [0.717, 1.165) is 24.1 Å². The second-order valence-corrected chi connectivity index (χ2v) is 7.37. The van der Waals surface area contributed by atoms with E-state index in [0.29, 0.717) is 6.42 Å². The first-order valence-electron chi connectivity index (χ1n) is 7.32. The van der Waals surface area contributed by atoms with Crippen molar-refractivity contribution in [3.63, 3.8) is 0 Å². The number of carbonyl (C=O) groups excluding carboxylic acids is 1. The average molecular weight is 310 g/mol. The average Bonchev–Trinajstić information content (AvgIpc) is 2.78. The van der Waals surface area contributed by atoms with Gasteiger partial charge in [-0.1, -0.05) is 31.5 Å². The highest BCUT2D eigenvalue weighted by Crippen LogP contribution is 2.31. The molecule has 1 atom stereocenters. The number of amides is 1. The summed E-state index contributed by atoms with van der Waals surface area (Å²) in [5.74, 6) is -0.129. The maximum Gasteiger partial charge on any atom is 0.242 e. The Hall–Kier alpha value is -1.40. The highest BCUT2D eigenvalue weighted by molar-refractivity contribution is 7.89. The molecule has 0 saturated carbocycles. The van der Waals surface area contributed by atoms with E-state index >= 15 is 0 Å². The third kappa shape index (κ3) is 3.83. The Morgan fingerprint density at radius 1 is 1.38 bits per heavy atom. The minimum absolute atomic E-state index is 0.0649. The van der Waals surface area contributed by atoms with Crippen molar-refractivity contribution in [2.24, 2.45) is 0 Å². The van der Waals surface area contributed by atoms with Gasteiger partial charge in [0.05, 0.1) is 12.3 Å². The zero-order valence-electron chi connectivity index (χ0n) is 12.5. The summed E-state index contributed by atoms with van der Waals surface area (Å²) in [5.41, 5.74) is 2.02. The summed E-state index contributed by atoms with van der Waals surface area (Å²) in [6.45, 7) is 3.73. The number of fused-ring (bicyclic) bond motifs is 1. The molecule has 6 heteroatoms. The van der Waals surface area contributed by atoms with Crippen molar-refractivity contribution in [3.05, 3.63) is 29.8 Å². The van der Waals surface area contributed by atoms with Gasteiger partial charge in [0, 0.05) is 11.7 Å². The molecule has 1 N–H and O–H groups in total. The highest BCUT2D eigenvalue weighted by Gasteiger charge is 2.30. The lowest BCUT2D eigenvalue weighted by Crippen LogP contribution is -2.43. The Labute approximate surface area is 126 Å². The molecule has 2 rings (SSSR count). The van der Waals surface area contributed by atoms with Gasteiger partial charge in [-0.25, -0.2) is 13.1 Å². The van der Waals surface area contributed by atoms with Crippen molar-refractivity contribution >= 4 is 21.6 Å². The standard InChI is InChI=1S/C15H22N2O3S/c1-3-4-9-21(19,20)16-11-15(18)17-12(2)10-13-7-5-6-8-14(13)17/h5-8,12,16H,3-4,9-11H2,1-2H3. The molecule has 1 aliphatic rings. The molecular formula is C15H22N2O3S. The largest absolute Gasteiger partial charge is 0.308 e. The van der Waals surface area contributed by atoms with Gasteiger partial charge in [0.2, 0.25) is 15.9 Å². The van der Waals surface area contributed by atoms with E-state index in [4.69, 9.17) is 0 Å². The molecule has 1 heterocycles. The fourth-order valence-electron chi connectivity index (χ4n) is 2.61. The summed E-state index contributed by atoms with van der Waals surface area (Å²) in [4.78, 5) is 14.0. The number of nitrogens with one attached hydrogen (secondary N) is 1. The van der Waals surface area contributed by atoms with Gasteiger partial charge in [0.25, 0.3) is 0 Å². The maximum absolute atomic E-state index is 12.3. The Morgan fingerprint density at radius 3 is 2.81 bits per heavy atom. The molecule has 1 aromatic carbocycles. The van der Waals surface area contributed by atoms with Crippen LogP contribution in [-0.4, -0.2) is 32.7 Å². The van der Waals surface area contributed by atoms with Crippen molar-refractivity contribution in [1.29, 1.82) is 0 Å². The van der Waals surface area contributed by atoms with E-state index in [1.54, 1.807) is 4.90 Å². The molecule has 1 aliphatic heterocycles. The van der Waals surface area contributed by atoms with Gasteiger partial charge >= 0.3 is 0 Å². The van der Waals surface area contributed by atoms with Crippen LogP contribution in [0.25, 0.3) is 0 Å². The summed E-state index contributed by atoms with van der Waals surface area (Å²) >= 11 is 0. The number of hydrogen-bond acceptors (Lipinski definition) is 3. The summed E-state index contributed by atoms with van der Waals surface area (Å²) in [5, 5.41) is 0. The third-order valence-electron chi connectivity index (χ3n) is 3.69. The van der Waals surface area contributed by atoms with Crippen LogP contribution in [-0.2, 0) is 21.2 Å². The molecule has 1 aromatic rings. The minimum atomic E-state index is -3.36. The van der Waals surface area contributed by atoms with Gasteiger partial charge in [-0.15, -0.1) is 0 Å². The Morgan fingerprint density at radius 2 is 2.10 bits per heavy atom. The zero-order chi connectivity index (χ0) is 15.5. The number of para-hydroxylation sites is 1. The number of benzene rings is 1. The fraction of sp³-hybridized carbons (Fsp3) is 0.533. The number of carbonyl (C=O) groups is 1. The van der Waals surface area contributed by atoms with Gasteiger partial charge in [-0.05, 0) is 31.4 Å². The minimum Gasteiger partial charge on any atom is -0.308 e. The van der Waals surface area contributed by atoms with E-state index < -0.39 is 10.0 Å². The first-order chi connectivity index (χ1) is 9.94. The monoisotopic (exact) mass is 310 g/mol. The van der Waals surface area contributed by atoms with Crippen LogP contribution in [0.1, 0.15) is 32.3 Å². The van der Waals surface area contributed by atoms with Gasteiger partial charge in [-0.3, -0.25) is 4.79 Å².